The SMILES string of the molecule is CCOC(=O)C1CCCCN1C(=O)c1cc(F)cnc1Cl. The Morgan fingerprint density at radius 2 is 2.29 bits per heavy atom. The maximum atomic E-state index is 13.3. The molecule has 0 aliphatic carbocycles. The molecule has 1 aliphatic rings. The van der Waals surface area contributed by atoms with Crippen LogP contribution in [0, 0.1) is 5.82 Å². The molecule has 0 saturated carbocycles. The number of hydrogen-bond acceptors (Lipinski definition) is 4. The van der Waals surface area contributed by atoms with Gasteiger partial charge in [0.15, 0.2) is 0 Å². The molecule has 2 heterocycles. The molecule has 0 bridgehead atoms. The minimum atomic E-state index is -0.648. The van der Waals surface area contributed by atoms with Gasteiger partial charge in [-0.05, 0) is 32.3 Å². The summed E-state index contributed by atoms with van der Waals surface area (Å²) in [5, 5.41) is -0.0745. The average molecular weight is 315 g/mol. The largest absolute Gasteiger partial charge is 0.464 e. The fraction of sp³-hybridized carbons (Fsp3) is 0.500. The van der Waals surface area contributed by atoms with E-state index in [-0.39, 0.29) is 17.3 Å². The summed E-state index contributed by atoms with van der Waals surface area (Å²) in [5.74, 6) is -1.58. The molecule has 1 aliphatic heterocycles. The normalized spacial score (nSPS) is 18.4. The van der Waals surface area contributed by atoms with Crippen molar-refractivity contribution in [2.24, 2.45) is 0 Å². The Balaban J connectivity index is 2.26. The summed E-state index contributed by atoms with van der Waals surface area (Å²) in [5.41, 5.74) is -0.0344. The Labute approximate surface area is 127 Å². The van der Waals surface area contributed by atoms with Crippen molar-refractivity contribution in [2.45, 2.75) is 32.2 Å². The van der Waals surface area contributed by atoms with Gasteiger partial charge in [0, 0.05) is 6.54 Å². The number of pyridine rings is 1. The lowest BCUT2D eigenvalue weighted by molar-refractivity contribution is -0.149. The number of ether oxygens (including phenoxy) is 1. The average Bonchev–Trinajstić information content (AvgIpc) is 2.49. The van der Waals surface area contributed by atoms with E-state index in [9.17, 15) is 14.0 Å². The van der Waals surface area contributed by atoms with Crippen LogP contribution in [0.5, 0.6) is 0 Å². The molecule has 1 aromatic rings. The van der Waals surface area contributed by atoms with E-state index in [1.807, 2.05) is 0 Å². The van der Waals surface area contributed by atoms with Crippen LogP contribution in [0.15, 0.2) is 12.3 Å². The highest BCUT2D eigenvalue weighted by atomic mass is 35.5. The van der Waals surface area contributed by atoms with Crippen molar-refractivity contribution < 1.29 is 18.7 Å². The van der Waals surface area contributed by atoms with Crippen molar-refractivity contribution in [2.75, 3.05) is 13.2 Å². The third-order valence-electron chi connectivity index (χ3n) is 3.36. The zero-order valence-electron chi connectivity index (χ0n) is 11.6. The van der Waals surface area contributed by atoms with Gasteiger partial charge in [-0.2, -0.15) is 0 Å². The lowest BCUT2D eigenvalue weighted by atomic mass is 10.0. The van der Waals surface area contributed by atoms with Gasteiger partial charge < -0.3 is 9.64 Å². The van der Waals surface area contributed by atoms with Crippen LogP contribution in [-0.2, 0) is 9.53 Å². The van der Waals surface area contributed by atoms with E-state index in [4.69, 9.17) is 16.3 Å². The Kier molecular flexibility index (Phi) is 5.12. The maximum Gasteiger partial charge on any atom is 0.328 e. The van der Waals surface area contributed by atoms with E-state index in [1.54, 1.807) is 6.92 Å². The first kappa shape index (κ1) is 15.7. The lowest BCUT2D eigenvalue weighted by Crippen LogP contribution is -2.48. The lowest BCUT2D eigenvalue weighted by Gasteiger charge is -2.34. The molecular weight excluding hydrogens is 299 g/mol. The fourth-order valence-electron chi connectivity index (χ4n) is 2.39. The first-order chi connectivity index (χ1) is 10.0. The highest BCUT2D eigenvalue weighted by Gasteiger charge is 2.34. The number of carbonyl (C=O) groups excluding carboxylic acids is 2. The molecule has 2 rings (SSSR count). The molecule has 1 saturated heterocycles. The van der Waals surface area contributed by atoms with Crippen molar-refractivity contribution in [3.05, 3.63) is 28.8 Å². The Morgan fingerprint density at radius 1 is 1.52 bits per heavy atom. The van der Waals surface area contributed by atoms with Gasteiger partial charge >= 0.3 is 5.97 Å². The third-order valence-corrected chi connectivity index (χ3v) is 3.66. The molecule has 1 fully saturated rings. The molecule has 7 heteroatoms. The van der Waals surface area contributed by atoms with Crippen molar-refractivity contribution in [3.8, 4) is 0 Å². The van der Waals surface area contributed by atoms with E-state index in [2.05, 4.69) is 4.98 Å². The van der Waals surface area contributed by atoms with Gasteiger partial charge in [0.2, 0.25) is 0 Å². The molecule has 1 amide bonds. The topological polar surface area (TPSA) is 59.5 Å². The monoisotopic (exact) mass is 314 g/mol. The van der Waals surface area contributed by atoms with E-state index >= 15 is 0 Å². The first-order valence-corrected chi connectivity index (χ1v) is 7.21. The van der Waals surface area contributed by atoms with Gasteiger partial charge in [0.25, 0.3) is 5.91 Å². The number of aromatic nitrogens is 1. The number of rotatable bonds is 3. The molecule has 0 spiro atoms. The highest BCUT2D eigenvalue weighted by Crippen LogP contribution is 2.23. The van der Waals surface area contributed by atoms with Crippen LogP contribution in [0.4, 0.5) is 4.39 Å². The predicted octanol–water partition coefficient (Wildman–Crippen LogP) is 2.43. The van der Waals surface area contributed by atoms with Crippen LogP contribution >= 0.6 is 11.6 Å². The van der Waals surface area contributed by atoms with Crippen molar-refractivity contribution in [3.63, 3.8) is 0 Å². The van der Waals surface area contributed by atoms with Gasteiger partial charge in [-0.1, -0.05) is 11.6 Å². The number of amides is 1. The molecule has 5 nitrogen and oxygen atoms in total. The molecule has 21 heavy (non-hydrogen) atoms. The smallest absolute Gasteiger partial charge is 0.328 e. The van der Waals surface area contributed by atoms with Gasteiger partial charge in [-0.3, -0.25) is 4.79 Å². The van der Waals surface area contributed by atoms with Gasteiger partial charge in [-0.15, -0.1) is 0 Å². The molecule has 0 aromatic carbocycles. The molecule has 1 aromatic heterocycles. The van der Waals surface area contributed by atoms with Crippen molar-refractivity contribution in [1.29, 1.82) is 0 Å². The van der Waals surface area contributed by atoms with Gasteiger partial charge in [-0.25, -0.2) is 14.2 Å². The highest BCUT2D eigenvalue weighted by molar-refractivity contribution is 6.32. The van der Waals surface area contributed by atoms with Crippen LogP contribution in [0.2, 0.25) is 5.15 Å². The molecule has 0 radical (unpaired) electrons. The summed E-state index contributed by atoms with van der Waals surface area (Å²) in [6, 6.07) is 0.389. The number of carbonyl (C=O) groups is 2. The zero-order chi connectivity index (χ0) is 15.4. The summed E-state index contributed by atoms with van der Waals surface area (Å²) in [4.78, 5) is 29.5. The Bertz CT molecular complexity index is 553. The molecular formula is C14H16ClFN2O3. The van der Waals surface area contributed by atoms with Crippen LogP contribution < -0.4 is 0 Å². The number of nitrogens with zero attached hydrogens (tertiary/aromatic N) is 2. The maximum absolute atomic E-state index is 13.3. The molecule has 1 atom stereocenters. The summed E-state index contributed by atoms with van der Waals surface area (Å²) in [6.07, 6.45) is 3.09. The third kappa shape index (κ3) is 3.50. The number of esters is 1. The predicted molar refractivity (Wildman–Crippen MR) is 74.5 cm³/mol. The second-order valence-electron chi connectivity index (χ2n) is 4.75. The number of likely N-dealkylation sites (tertiary alicyclic amines) is 1. The van der Waals surface area contributed by atoms with E-state index in [0.717, 1.165) is 25.1 Å². The van der Waals surface area contributed by atoms with Crippen LogP contribution in [0.25, 0.3) is 0 Å². The zero-order valence-corrected chi connectivity index (χ0v) is 12.4. The number of halogens is 2. The first-order valence-electron chi connectivity index (χ1n) is 6.83. The summed E-state index contributed by atoms with van der Waals surface area (Å²) in [7, 11) is 0. The molecule has 0 N–H and O–H groups in total. The van der Waals surface area contributed by atoms with Gasteiger partial charge in [0.1, 0.15) is 17.0 Å². The summed E-state index contributed by atoms with van der Waals surface area (Å²) in [6.45, 7) is 2.37. The fourth-order valence-corrected chi connectivity index (χ4v) is 2.57. The van der Waals surface area contributed by atoms with Crippen LogP contribution in [0.1, 0.15) is 36.5 Å². The second kappa shape index (κ2) is 6.85. The van der Waals surface area contributed by atoms with Crippen molar-refractivity contribution in [1.82, 2.24) is 9.88 Å². The minimum absolute atomic E-state index is 0.0344. The van der Waals surface area contributed by atoms with Crippen molar-refractivity contribution >= 4 is 23.5 Å². The quantitative estimate of drug-likeness (QED) is 0.635. The van der Waals surface area contributed by atoms with Crippen LogP contribution in [0.3, 0.4) is 0 Å². The number of piperidine rings is 1. The van der Waals surface area contributed by atoms with E-state index < -0.39 is 23.7 Å². The summed E-state index contributed by atoms with van der Waals surface area (Å²) >= 11 is 5.86. The van der Waals surface area contributed by atoms with E-state index in [1.165, 1.54) is 4.90 Å². The Morgan fingerprint density at radius 3 is 3.00 bits per heavy atom. The van der Waals surface area contributed by atoms with Crippen LogP contribution in [-0.4, -0.2) is 41.0 Å². The molecule has 114 valence electrons. The standard InChI is InChI=1S/C14H16ClFN2O3/c1-2-21-14(20)11-5-3-4-6-18(11)13(19)10-7-9(16)8-17-12(10)15/h7-8,11H,2-6H2,1H3. The van der Waals surface area contributed by atoms with E-state index in [0.29, 0.717) is 13.0 Å². The number of hydrogen-bond donors (Lipinski definition) is 0. The van der Waals surface area contributed by atoms with Gasteiger partial charge in [0.05, 0.1) is 18.4 Å². The minimum Gasteiger partial charge on any atom is -0.464 e. The second-order valence-corrected chi connectivity index (χ2v) is 5.11. The molecule has 1 unspecified atom stereocenters. The Hall–Kier alpha value is -1.69. The summed E-state index contributed by atoms with van der Waals surface area (Å²) < 4.78 is 18.3.